The molecule has 19 heavy (non-hydrogen) atoms. The SMILES string of the molecule is Cc1ccccc1CSc1ccc(C(C)O)cc1F. The van der Waals surface area contributed by atoms with Gasteiger partial charge in [0.15, 0.2) is 0 Å². The third-order valence-electron chi connectivity index (χ3n) is 3.08. The van der Waals surface area contributed by atoms with Gasteiger partial charge in [-0.3, -0.25) is 0 Å². The number of rotatable bonds is 4. The zero-order valence-electron chi connectivity index (χ0n) is 11.1. The number of halogens is 1. The van der Waals surface area contributed by atoms with E-state index in [2.05, 4.69) is 19.1 Å². The topological polar surface area (TPSA) is 20.2 Å². The number of benzene rings is 2. The molecule has 1 nitrogen and oxygen atoms in total. The molecular formula is C16H17FOS. The van der Waals surface area contributed by atoms with Crippen LogP contribution in [0.25, 0.3) is 0 Å². The van der Waals surface area contributed by atoms with Gasteiger partial charge in [-0.15, -0.1) is 11.8 Å². The molecule has 2 rings (SSSR count). The zero-order valence-corrected chi connectivity index (χ0v) is 11.9. The van der Waals surface area contributed by atoms with E-state index in [1.165, 1.54) is 29.0 Å². The molecule has 0 aromatic heterocycles. The third-order valence-corrected chi connectivity index (χ3v) is 4.18. The Labute approximate surface area is 117 Å². The van der Waals surface area contributed by atoms with Crippen molar-refractivity contribution in [2.24, 2.45) is 0 Å². The van der Waals surface area contributed by atoms with Crippen molar-refractivity contribution in [3.8, 4) is 0 Å². The Balaban J connectivity index is 2.10. The van der Waals surface area contributed by atoms with Gasteiger partial charge in [0.25, 0.3) is 0 Å². The molecule has 3 heteroatoms. The molecule has 100 valence electrons. The van der Waals surface area contributed by atoms with E-state index in [0.29, 0.717) is 10.5 Å². The monoisotopic (exact) mass is 276 g/mol. The van der Waals surface area contributed by atoms with Gasteiger partial charge < -0.3 is 5.11 Å². The summed E-state index contributed by atoms with van der Waals surface area (Å²) in [6.07, 6.45) is -0.634. The summed E-state index contributed by atoms with van der Waals surface area (Å²) in [5.74, 6) is 0.481. The smallest absolute Gasteiger partial charge is 0.137 e. The third kappa shape index (κ3) is 3.58. The van der Waals surface area contributed by atoms with Gasteiger partial charge in [-0.25, -0.2) is 4.39 Å². The van der Waals surface area contributed by atoms with Crippen LogP contribution in [0.3, 0.4) is 0 Å². The molecule has 0 aliphatic carbocycles. The second-order valence-corrected chi connectivity index (χ2v) is 5.60. The average Bonchev–Trinajstić information content (AvgIpc) is 2.39. The first-order chi connectivity index (χ1) is 9.08. The molecule has 0 aliphatic rings. The molecule has 1 unspecified atom stereocenters. The summed E-state index contributed by atoms with van der Waals surface area (Å²) in [6.45, 7) is 3.69. The highest BCUT2D eigenvalue weighted by atomic mass is 32.2. The van der Waals surface area contributed by atoms with Crippen LogP contribution in [0.2, 0.25) is 0 Å². The van der Waals surface area contributed by atoms with Gasteiger partial charge >= 0.3 is 0 Å². The van der Waals surface area contributed by atoms with Gasteiger partial charge in [0.1, 0.15) is 5.82 Å². The molecule has 1 N–H and O–H groups in total. The van der Waals surface area contributed by atoms with E-state index in [9.17, 15) is 9.50 Å². The Kier molecular flexibility index (Phi) is 4.61. The van der Waals surface area contributed by atoms with Crippen molar-refractivity contribution in [3.05, 3.63) is 65.0 Å². The Morgan fingerprint density at radius 2 is 1.95 bits per heavy atom. The first-order valence-corrected chi connectivity index (χ1v) is 7.21. The van der Waals surface area contributed by atoms with Crippen LogP contribution in [0.4, 0.5) is 4.39 Å². The molecule has 0 saturated carbocycles. The molecule has 0 spiro atoms. The predicted octanol–water partition coefficient (Wildman–Crippen LogP) is 4.48. The van der Waals surface area contributed by atoms with Crippen molar-refractivity contribution in [1.29, 1.82) is 0 Å². The molecule has 0 fully saturated rings. The summed E-state index contributed by atoms with van der Waals surface area (Å²) in [6, 6.07) is 13.0. The summed E-state index contributed by atoms with van der Waals surface area (Å²) in [7, 11) is 0. The lowest BCUT2D eigenvalue weighted by Crippen LogP contribution is -1.93. The van der Waals surface area contributed by atoms with Crippen molar-refractivity contribution >= 4 is 11.8 Å². The largest absolute Gasteiger partial charge is 0.389 e. The maximum Gasteiger partial charge on any atom is 0.137 e. The van der Waals surface area contributed by atoms with Crippen molar-refractivity contribution in [1.82, 2.24) is 0 Å². The maximum atomic E-state index is 13.9. The van der Waals surface area contributed by atoms with E-state index in [0.717, 1.165) is 5.75 Å². The van der Waals surface area contributed by atoms with Crippen molar-refractivity contribution in [3.63, 3.8) is 0 Å². The van der Waals surface area contributed by atoms with E-state index in [-0.39, 0.29) is 5.82 Å². The van der Waals surface area contributed by atoms with Crippen LogP contribution in [0.5, 0.6) is 0 Å². The highest BCUT2D eigenvalue weighted by Gasteiger charge is 2.08. The standard InChI is InChI=1S/C16H17FOS/c1-11-5-3-4-6-14(11)10-19-16-8-7-13(12(2)18)9-15(16)17/h3-9,12,18H,10H2,1-2H3. The quantitative estimate of drug-likeness (QED) is 0.831. The number of thioether (sulfide) groups is 1. The molecular weight excluding hydrogens is 259 g/mol. The molecule has 0 amide bonds. The van der Waals surface area contributed by atoms with E-state index in [1.54, 1.807) is 19.1 Å². The molecule has 0 heterocycles. The first kappa shape index (κ1) is 14.1. The molecule has 0 radical (unpaired) electrons. The lowest BCUT2D eigenvalue weighted by molar-refractivity contribution is 0.198. The fraction of sp³-hybridized carbons (Fsp3) is 0.250. The molecule has 2 aromatic carbocycles. The highest BCUT2D eigenvalue weighted by molar-refractivity contribution is 7.98. The number of aliphatic hydroxyl groups excluding tert-OH is 1. The molecule has 0 bridgehead atoms. The first-order valence-electron chi connectivity index (χ1n) is 6.22. The van der Waals surface area contributed by atoms with Gasteiger partial charge in [-0.05, 0) is 42.7 Å². The summed E-state index contributed by atoms with van der Waals surface area (Å²) in [4.78, 5) is 0.618. The molecule has 0 saturated heterocycles. The minimum Gasteiger partial charge on any atom is -0.389 e. The van der Waals surface area contributed by atoms with Gasteiger partial charge in [0, 0.05) is 10.6 Å². The zero-order chi connectivity index (χ0) is 13.8. The minimum atomic E-state index is -0.634. The van der Waals surface area contributed by atoms with E-state index in [1.807, 2.05) is 12.1 Å². The van der Waals surface area contributed by atoms with Crippen molar-refractivity contribution in [2.45, 2.75) is 30.6 Å². The predicted molar refractivity (Wildman–Crippen MR) is 77.8 cm³/mol. The highest BCUT2D eigenvalue weighted by Crippen LogP contribution is 2.28. The Bertz CT molecular complexity index is 566. The van der Waals surface area contributed by atoms with Crippen LogP contribution in [-0.4, -0.2) is 5.11 Å². The normalized spacial score (nSPS) is 12.4. The number of aryl methyl sites for hydroxylation is 1. The van der Waals surface area contributed by atoms with Crippen LogP contribution >= 0.6 is 11.8 Å². The van der Waals surface area contributed by atoms with Gasteiger partial charge in [-0.1, -0.05) is 30.3 Å². The van der Waals surface area contributed by atoms with Crippen LogP contribution in [0.15, 0.2) is 47.4 Å². The van der Waals surface area contributed by atoms with E-state index in [4.69, 9.17) is 0 Å². The number of hydrogen-bond donors (Lipinski definition) is 1. The summed E-state index contributed by atoms with van der Waals surface area (Å²) in [5, 5.41) is 9.41. The minimum absolute atomic E-state index is 0.267. The lowest BCUT2D eigenvalue weighted by atomic mass is 10.1. The Morgan fingerprint density at radius 1 is 1.21 bits per heavy atom. The fourth-order valence-electron chi connectivity index (χ4n) is 1.82. The number of aliphatic hydroxyl groups is 1. The van der Waals surface area contributed by atoms with Crippen LogP contribution in [0, 0.1) is 12.7 Å². The Hall–Kier alpha value is -1.32. The Morgan fingerprint density at radius 3 is 2.58 bits per heavy atom. The lowest BCUT2D eigenvalue weighted by Gasteiger charge is -2.09. The van der Waals surface area contributed by atoms with E-state index >= 15 is 0 Å². The summed E-state index contributed by atoms with van der Waals surface area (Å²) in [5.41, 5.74) is 3.04. The van der Waals surface area contributed by atoms with Crippen LogP contribution < -0.4 is 0 Å². The van der Waals surface area contributed by atoms with Gasteiger partial charge in [-0.2, -0.15) is 0 Å². The van der Waals surface area contributed by atoms with Crippen LogP contribution in [0.1, 0.15) is 29.7 Å². The van der Waals surface area contributed by atoms with Gasteiger partial charge in [0.05, 0.1) is 6.10 Å². The summed E-state index contributed by atoms with van der Waals surface area (Å²) < 4.78 is 13.9. The second kappa shape index (κ2) is 6.22. The van der Waals surface area contributed by atoms with Gasteiger partial charge in [0.2, 0.25) is 0 Å². The van der Waals surface area contributed by atoms with Crippen LogP contribution in [-0.2, 0) is 5.75 Å². The molecule has 2 aromatic rings. The fourth-order valence-corrected chi connectivity index (χ4v) is 2.82. The maximum absolute atomic E-state index is 13.9. The second-order valence-electron chi connectivity index (χ2n) is 4.58. The van der Waals surface area contributed by atoms with Crippen molar-refractivity contribution in [2.75, 3.05) is 0 Å². The molecule has 0 aliphatic heterocycles. The van der Waals surface area contributed by atoms with Crippen molar-refractivity contribution < 1.29 is 9.50 Å². The number of hydrogen-bond acceptors (Lipinski definition) is 2. The van der Waals surface area contributed by atoms with E-state index < -0.39 is 6.10 Å². The average molecular weight is 276 g/mol. The summed E-state index contributed by atoms with van der Waals surface area (Å²) >= 11 is 1.48. The molecule has 1 atom stereocenters.